The largest absolute Gasteiger partial charge is 0.497 e. The van der Waals surface area contributed by atoms with E-state index in [4.69, 9.17) is 14.0 Å². The fraction of sp³-hybridized carbons (Fsp3) is 0.278. The molecule has 0 spiro atoms. The molecule has 0 N–H and O–H groups in total. The molecule has 1 unspecified atom stereocenters. The molecule has 0 saturated carbocycles. The standard InChI is InChI=1S/C18H17N3O4S/c1-23-12-5-6-13(14(9-12)24-2)21-10-11(8-16(21)22)17-19-18(25-20-17)15-4-3-7-26-15/h3-7,9,11H,8,10H2,1-2H3. The highest BCUT2D eigenvalue weighted by atomic mass is 32.1. The Morgan fingerprint density at radius 2 is 2.15 bits per heavy atom. The monoisotopic (exact) mass is 371 g/mol. The molecule has 1 aliphatic rings. The van der Waals surface area contributed by atoms with Crippen LogP contribution in [0.3, 0.4) is 0 Å². The highest BCUT2D eigenvalue weighted by Gasteiger charge is 2.36. The van der Waals surface area contributed by atoms with Crippen LogP contribution in [0.2, 0.25) is 0 Å². The third kappa shape index (κ3) is 2.92. The van der Waals surface area contributed by atoms with Gasteiger partial charge in [0.1, 0.15) is 11.5 Å². The highest BCUT2D eigenvalue weighted by Crippen LogP contribution is 2.38. The third-order valence-electron chi connectivity index (χ3n) is 4.34. The molecule has 1 aliphatic heterocycles. The molecule has 2 aromatic heterocycles. The van der Waals surface area contributed by atoms with Crippen LogP contribution >= 0.6 is 11.3 Å². The summed E-state index contributed by atoms with van der Waals surface area (Å²) < 4.78 is 16.0. The molecule has 1 atom stereocenters. The van der Waals surface area contributed by atoms with E-state index in [-0.39, 0.29) is 11.8 Å². The third-order valence-corrected chi connectivity index (χ3v) is 5.20. The second-order valence-electron chi connectivity index (χ2n) is 5.88. The molecule has 1 aromatic carbocycles. The SMILES string of the molecule is COc1ccc(N2CC(c3noc(-c4cccs4)n3)CC2=O)c(OC)c1. The zero-order valence-electron chi connectivity index (χ0n) is 14.3. The maximum atomic E-state index is 12.6. The number of aromatic nitrogens is 2. The van der Waals surface area contributed by atoms with Crippen molar-refractivity contribution < 1.29 is 18.8 Å². The van der Waals surface area contributed by atoms with Gasteiger partial charge in [-0.1, -0.05) is 11.2 Å². The van der Waals surface area contributed by atoms with Crippen LogP contribution in [0.5, 0.6) is 11.5 Å². The molecule has 134 valence electrons. The first-order valence-corrected chi connectivity index (χ1v) is 8.97. The molecule has 0 aliphatic carbocycles. The molecule has 8 heteroatoms. The van der Waals surface area contributed by atoms with Crippen molar-refractivity contribution in [1.29, 1.82) is 0 Å². The molecule has 4 rings (SSSR count). The smallest absolute Gasteiger partial charge is 0.267 e. The van der Waals surface area contributed by atoms with Crippen molar-refractivity contribution in [2.24, 2.45) is 0 Å². The first-order chi connectivity index (χ1) is 12.7. The van der Waals surface area contributed by atoms with Gasteiger partial charge in [0, 0.05) is 24.9 Å². The number of hydrogen-bond acceptors (Lipinski definition) is 7. The summed E-state index contributed by atoms with van der Waals surface area (Å²) in [5.74, 6) is 2.19. The van der Waals surface area contributed by atoms with E-state index in [9.17, 15) is 4.79 Å². The minimum atomic E-state index is -0.119. The zero-order chi connectivity index (χ0) is 18.1. The molecule has 3 aromatic rings. The summed E-state index contributed by atoms with van der Waals surface area (Å²) in [7, 11) is 3.16. The maximum Gasteiger partial charge on any atom is 0.267 e. The molecular weight excluding hydrogens is 354 g/mol. The number of rotatable bonds is 5. The maximum absolute atomic E-state index is 12.6. The van der Waals surface area contributed by atoms with Gasteiger partial charge in [-0.2, -0.15) is 4.98 Å². The first-order valence-electron chi connectivity index (χ1n) is 8.09. The Kier molecular flexibility index (Phi) is 4.34. The van der Waals surface area contributed by atoms with Crippen molar-refractivity contribution in [2.45, 2.75) is 12.3 Å². The fourth-order valence-corrected chi connectivity index (χ4v) is 3.67. The number of carbonyl (C=O) groups excluding carboxylic acids is 1. The lowest BCUT2D eigenvalue weighted by Gasteiger charge is -2.19. The van der Waals surface area contributed by atoms with Gasteiger partial charge < -0.3 is 18.9 Å². The lowest BCUT2D eigenvalue weighted by atomic mass is 10.1. The number of carbonyl (C=O) groups is 1. The van der Waals surface area contributed by atoms with Crippen molar-refractivity contribution in [2.75, 3.05) is 25.7 Å². The molecule has 26 heavy (non-hydrogen) atoms. The summed E-state index contributed by atoms with van der Waals surface area (Å²) in [4.78, 5) is 19.7. The summed E-state index contributed by atoms with van der Waals surface area (Å²) in [6.45, 7) is 0.477. The summed E-state index contributed by atoms with van der Waals surface area (Å²) in [6.07, 6.45) is 0.332. The van der Waals surface area contributed by atoms with Gasteiger partial charge in [0.15, 0.2) is 5.82 Å². The minimum Gasteiger partial charge on any atom is -0.497 e. The Morgan fingerprint density at radius 1 is 1.27 bits per heavy atom. The Balaban J connectivity index is 1.58. The van der Waals surface area contributed by atoms with Crippen LogP contribution in [0.4, 0.5) is 5.69 Å². The zero-order valence-corrected chi connectivity index (χ0v) is 15.2. The van der Waals surface area contributed by atoms with E-state index in [1.807, 2.05) is 29.6 Å². The van der Waals surface area contributed by atoms with Gasteiger partial charge in [0.25, 0.3) is 5.89 Å². The number of anilines is 1. The lowest BCUT2D eigenvalue weighted by Crippen LogP contribution is -2.24. The molecule has 1 saturated heterocycles. The van der Waals surface area contributed by atoms with Crippen LogP contribution in [0.1, 0.15) is 18.2 Å². The van der Waals surface area contributed by atoms with Crippen molar-refractivity contribution >= 4 is 22.9 Å². The van der Waals surface area contributed by atoms with E-state index < -0.39 is 0 Å². The fourth-order valence-electron chi connectivity index (χ4n) is 3.02. The van der Waals surface area contributed by atoms with Gasteiger partial charge in [0.2, 0.25) is 5.91 Å². The normalized spacial score (nSPS) is 16.9. The topological polar surface area (TPSA) is 77.7 Å². The number of ether oxygens (including phenoxy) is 2. The van der Waals surface area contributed by atoms with Gasteiger partial charge in [-0.25, -0.2) is 0 Å². The molecule has 0 bridgehead atoms. The van der Waals surface area contributed by atoms with Gasteiger partial charge in [-0.05, 0) is 23.6 Å². The van der Waals surface area contributed by atoms with Gasteiger partial charge >= 0.3 is 0 Å². The van der Waals surface area contributed by atoms with E-state index in [0.29, 0.717) is 41.9 Å². The van der Waals surface area contributed by atoms with Crippen LogP contribution in [-0.2, 0) is 4.79 Å². The van der Waals surface area contributed by atoms with Crippen molar-refractivity contribution in [3.8, 4) is 22.3 Å². The minimum absolute atomic E-state index is 0.000871. The van der Waals surface area contributed by atoms with Crippen LogP contribution in [0.25, 0.3) is 10.8 Å². The number of methoxy groups -OCH3 is 2. The number of thiophene rings is 1. The summed E-state index contributed by atoms with van der Waals surface area (Å²) in [5.41, 5.74) is 0.711. The van der Waals surface area contributed by atoms with Crippen molar-refractivity contribution in [3.05, 3.63) is 41.5 Å². The molecule has 0 radical (unpaired) electrons. The lowest BCUT2D eigenvalue weighted by molar-refractivity contribution is -0.117. The van der Waals surface area contributed by atoms with Gasteiger partial charge in [-0.3, -0.25) is 4.79 Å². The molecule has 3 heterocycles. The number of amides is 1. The molecule has 1 amide bonds. The van der Waals surface area contributed by atoms with Crippen LogP contribution in [0, 0.1) is 0 Å². The molecule has 1 fully saturated rings. The predicted octanol–water partition coefficient (Wildman–Crippen LogP) is 3.34. The van der Waals surface area contributed by atoms with Crippen LogP contribution in [0.15, 0.2) is 40.2 Å². The van der Waals surface area contributed by atoms with Crippen molar-refractivity contribution in [1.82, 2.24) is 10.1 Å². The van der Waals surface area contributed by atoms with E-state index >= 15 is 0 Å². The summed E-state index contributed by atoms with van der Waals surface area (Å²) in [5, 5.41) is 6.03. The van der Waals surface area contributed by atoms with Crippen LogP contribution in [-0.4, -0.2) is 36.8 Å². The highest BCUT2D eigenvalue weighted by molar-refractivity contribution is 7.13. The van der Waals surface area contributed by atoms with Gasteiger partial charge in [0.05, 0.1) is 24.8 Å². The summed E-state index contributed by atoms with van der Waals surface area (Å²) in [6, 6.07) is 9.25. The average molecular weight is 371 g/mol. The Hall–Kier alpha value is -2.87. The van der Waals surface area contributed by atoms with E-state index in [1.165, 1.54) is 11.3 Å². The Bertz CT molecular complexity index is 922. The predicted molar refractivity (Wildman–Crippen MR) is 96.9 cm³/mol. The van der Waals surface area contributed by atoms with E-state index in [0.717, 1.165) is 4.88 Å². The quantitative estimate of drug-likeness (QED) is 0.685. The Labute approximate surface area is 154 Å². The van der Waals surface area contributed by atoms with Crippen LogP contribution < -0.4 is 14.4 Å². The molecule has 7 nitrogen and oxygen atoms in total. The first kappa shape index (κ1) is 16.6. The Morgan fingerprint density at radius 3 is 2.88 bits per heavy atom. The number of hydrogen-bond donors (Lipinski definition) is 0. The van der Waals surface area contributed by atoms with E-state index in [2.05, 4.69) is 10.1 Å². The second kappa shape index (κ2) is 6.80. The van der Waals surface area contributed by atoms with Gasteiger partial charge in [-0.15, -0.1) is 11.3 Å². The van der Waals surface area contributed by atoms with Crippen molar-refractivity contribution in [3.63, 3.8) is 0 Å². The number of benzene rings is 1. The molecular formula is C18H17N3O4S. The second-order valence-corrected chi connectivity index (χ2v) is 6.83. The van der Waals surface area contributed by atoms with E-state index in [1.54, 1.807) is 25.2 Å². The summed E-state index contributed by atoms with van der Waals surface area (Å²) >= 11 is 1.54. The average Bonchev–Trinajstić information content (AvgIpc) is 3.41. The number of nitrogens with zero attached hydrogens (tertiary/aromatic N) is 3.